The third kappa shape index (κ3) is 9.00. The first-order chi connectivity index (χ1) is 17.2. The Morgan fingerprint density at radius 3 is 2.27 bits per heavy atom. The lowest BCUT2D eigenvalue weighted by Crippen LogP contribution is -2.43. The van der Waals surface area contributed by atoms with Crippen LogP contribution in [0.5, 0.6) is 0 Å². The fraction of sp³-hybridized carbons (Fsp3) is 0.724. The molecule has 1 N–H and O–H groups in total. The molecule has 0 heterocycles. The highest BCUT2D eigenvalue weighted by Gasteiger charge is 2.43. The van der Waals surface area contributed by atoms with Gasteiger partial charge in [-0.05, 0) is 62.9 Å². The van der Waals surface area contributed by atoms with Crippen molar-refractivity contribution >= 4 is 23.9 Å². The number of rotatable bonds is 12. The minimum Gasteiger partial charge on any atom is -0.481 e. The van der Waals surface area contributed by atoms with Gasteiger partial charge in [0.25, 0.3) is 0 Å². The van der Waals surface area contributed by atoms with E-state index in [1.54, 1.807) is 0 Å². The SMILES string of the molecule is CCC(C)(C)C(=O)O[C@H]1C[C@@H](C)C=C2C=C[C@H](C)[C@H](CC[C@H](C[C@H](CC(=O)O)OC(C)=O)OC(C)=O)[C@H]21. The minimum atomic E-state index is -1.09. The van der Waals surface area contributed by atoms with E-state index in [0.717, 1.165) is 6.42 Å². The van der Waals surface area contributed by atoms with Crippen molar-refractivity contribution in [2.75, 3.05) is 0 Å². The summed E-state index contributed by atoms with van der Waals surface area (Å²) in [5.41, 5.74) is 0.605. The zero-order valence-electron chi connectivity index (χ0n) is 23.3. The molecule has 0 aliphatic heterocycles. The van der Waals surface area contributed by atoms with E-state index < -0.39 is 35.5 Å². The first kappa shape index (κ1) is 30.6. The van der Waals surface area contributed by atoms with Crippen molar-refractivity contribution in [3.8, 4) is 0 Å². The van der Waals surface area contributed by atoms with Crippen LogP contribution in [-0.4, -0.2) is 47.3 Å². The first-order valence-electron chi connectivity index (χ1n) is 13.4. The summed E-state index contributed by atoms with van der Waals surface area (Å²) in [6.07, 6.45) is 7.14. The maximum absolute atomic E-state index is 13.0. The van der Waals surface area contributed by atoms with E-state index in [1.165, 1.54) is 19.4 Å². The maximum atomic E-state index is 13.0. The van der Waals surface area contributed by atoms with Crippen LogP contribution in [-0.2, 0) is 33.4 Å². The lowest BCUT2D eigenvalue weighted by atomic mass is 9.65. The van der Waals surface area contributed by atoms with Crippen molar-refractivity contribution in [2.24, 2.45) is 29.1 Å². The van der Waals surface area contributed by atoms with Gasteiger partial charge in [-0.2, -0.15) is 0 Å². The number of ether oxygens (including phenoxy) is 3. The molecule has 0 saturated carbocycles. The van der Waals surface area contributed by atoms with E-state index in [9.17, 15) is 24.3 Å². The summed E-state index contributed by atoms with van der Waals surface area (Å²) < 4.78 is 16.9. The zero-order chi connectivity index (χ0) is 27.9. The molecule has 0 aromatic carbocycles. The van der Waals surface area contributed by atoms with Gasteiger partial charge < -0.3 is 19.3 Å². The molecule has 0 saturated heterocycles. The molecule has 2 aliphatic rings. The van der Waals surface area contributed by atoms with Crippen molar-refractivity contribution in [3.63, 3.8) is 0 Å². The van der Waals surface area contributed by atoms with Crippen LogP contribution in [0.1, 0.15) is 87.0 Å². The highest BCUT2D eigenvalue weighted by atomic mass is 16.6. The van der Waals surface area contributed by atoms with Crippen LogP contribution in [0.15, 0.2) is 23.8 Å². The normalized spacial score (nSPS) is 26.8. The van der Waals surface area contributed by atoms with Gasteiger partial charge in [0.05, 0.1) is 11.8 Å². The van der Waals surface area contributed by atoms with Crippen LogP contribution in [0.3, 0.4) is 0 Å². The maximum Gasteiger partial charge on any atom is 0.311 e. The lowest BCUT2D eigenvalue weighted by Gasteiger charge is -2.44. The van der Waals surface area contributed by atoms with Gasteiger partial charge in [0.2, 0.25) is 0 Å². The van der Waals surface area contributed by atoms with Crippen LogP contribution >= 0.6 is 0 Å². The Labute approximate surface area is 220 Å². The van der Waals surface area contributed by atoms with Crippen molar-refractivity contribution in [3.05, 3.63) is 23.8 Å². The number of aliphatic carboxylic acids is 1. The van der Waals surface area contributed by atoms with E-state index >= 15 is 0 Å². The van der Waals surface area contributed by atoms with Crippen LogP contribution in [0, 0.1) is 29.1 Å². The molecule has 2 aliphatic carbocycles. The molecule has 2 rings (SSSR count). The summed E-state index contributed by atoms with van der Waals surface area (Å²) in [7, 11) is 0. The molecule has 0 radical (unpaired) electrons. The Balaban J connectivity index is 2.25. The molecule has 0 spiro atoms. The van der Waals surface area contributed by atoms with E-state index in [1.807, 2.05) is 20.8 Å². The predicted octanol–water partition coefficient (Wildman–Crippen LogP) is 5.25. The van der Waals surface area contributed by atoms with Gasteiger partial charge in [-0.15, -0.1) is 0 Å². The monoisotopic (exact) mass is 520 g/mol. The van der Waals surface area contributed by atoms with E-state index in [-0.39, 0.29) is 48.6 Å². The Hall–Kier alpha value is -2.64. The fourth-order valence-corrected chi connectivity index (χ4v) is 5.40. The number of esters is 3. The molecule has 7 atom stereocenters. The van der Waals surface area contributed by atoms with E-state index in [4.69, 9.17) is 14.2 Å². The molecule has 208 valence electrons. The second-order valence-electron chi connectivity index (χ2n) is 11.3. The topological polar surface area (TPSA) is 116 Å². The number of carboxylic acids is 1. The molecule has 0 aromatic rings. The Kier molecular flexibility index (Phi) is 10.9. The van der Waals surface area contributed by atoms with Crippen molar-refractivity contribution in [1.82, 2.24) is 0 Å². The fourth-order valence-electron chi connectivity index (χ4n) is 5.40. The number of carbonyl (C=O) groups excluding carboxylic acids is 3. The number of hydrogen-bond donors (Lipinski definition) is 1. The molecule has 0 amide bonds. The molecule has 37 heavy (non-hydrogen) atoms. The van der Waals surface area contributed by atoms with Crippen molar-refractivity contribution < 1.29 is 38.5 Å². The van der Waals surface area contributed by atoms with E-state index in [0.29, 0.717) is 19.3 Å². The third-order valence-electron chi connectivity index (χ3n) is 7.71. The summed E-state index contributed by atoms with van der Waals surface area (Å²) in [5, 5.41) is 9.23. The van der Waals surface area contributed by atoms with Gasteiger partial charge >= 0.3 is 23.9 Å². The molecule has 0 aromatic heterocycles. The molecular weight excluding hydrogens is 476 g/mol. The van der Waals surface area contributed by atoms with Gasteiger partial charge in [-0.25, -0.2) is 0 Å². The summed E-state index contributed by atoms with van der Waals surface area (Å²) >= 11 is 0. The first-order valence-corrected chi connectivity index (χ1v) is 13.4. The third-order valence-corrected chi connectivity index (χ3v) is 7.71. The Bertz CT molecular complexity index is 886. The summed E-state index contributed by atoms with van der Waals surface area (Å²) in [4.78, 5) is 47.6. The zero-order valence-corrected chi connectivity index (χ0v) is 23.3. The molecule has 0 bridgehead atoms. The smallest absolute Gasteiger partial charge is 0.311 e. The average molecular weight is 521 g/mol. The summed E-state index contributed by atoms with van der Waals surface area (Å²) in [6, 6.07) is 0. The van der Waals surface area contributed by atoms with Crippen LogP contribution in [0.4, 0.5) is 0 Å². The quantitative estimate of drug-likeness (QED) is 0.274. The van der Waals surface area contributed by atoms with E-state index in [2.05, 4.69) is 32.1 Å². The molecule has 0 fully saturated rings. The van der Waals surface area contributed by atoms with Gasteiger partial charge in [0, 0.05) is 26.2 Å². The van der Waals surface area contributed by atoms with Crippen LogP contribution in [0.25, 0.3) is 0 Å². The predicted molar refractivity (Wildman–Crippen MR) is 138 cm³/mol. The number of allylic oxidation sites excluding steroid dienone is 3. The van der Waals surface area contributed by atoms with Gasteiger partial charge in [-0.1, -0.05) is 39.0 Å². The average Bonchev–Trinajstić information content (AvgIpc) is 2.76. The number of carboxylic acid groups (broad SMARTS) is 1. The summed E-state index contributed by atoms with van der Waals surface area (Å²) in [5.74, 6) is -1.69. The van der Waals surface area contributed by atoms with Crippen LogP contribution < -0.4 is 0 Å². The van der Waals surface area contributed by atoms with Gasteiger partial charge in [-0.3, -0.25) is 19.2 Å². The lowest BCUT2D eigenvalue weighted by molar-refractivity contribution is -0.165. The van der Waals surface area contributed by atoms with Gasteiger partial charge in [0.1, 0.15) is 18.3 Å². The molecular formula is C29H44O8. The molecule has 0 unspecified atom stereocenters. The number of hydrogen-bond acceptors (Lipinski definition) is 7. The molecule has 8 nitrogen and oxygen atoms in total. The second-order valence-corrected chi connectivity index (χ2v) is 11.3. The number of carbonyl (C=O) groups is 4. The standard InChI is InChI=1S/C29H44O8/c1-8-29(6,7)28(34)37-25-14-17(2)13-21-10-9-18(3)24(27(21)25)12-11-22(35-19(4)30)15-23(16-26(32)33)36-20(5)31/h9-10,13,17-18,22-25,27H,8,11-12,14-16H2,1-7H3,(H,32,33)/t17-,18-,22+,23+,24-,25-,27-/m0/s1. The minimum absolute atomic E-state index is 0.0223. The summed E-state index contributed by atoms with van der Waals surface area (Å²) in [6.45, 7) is 12.6. The van der Waals surface area contributed by atoms with Crippen molar-refractivity contribution in [2.45, 2.75) is 105 Å². The number of fused-ring (bicyclic) bond motifs is 1. The van der Waals surface area contributed by atoms with Gasteiger partial charge in [0.15, 0.2) is 0 Å². The largest absolute Gasteiger partial charge is 0.481 e. The second kappa shape index (κ2) is 13.2. The Morgan fingerprint density at radius 2 is 1.70 bits per heavy atom. The molecule has 8 heteroatoms. The highest BCUT2D eigenvalue weighted by Crippen LogP contribution is 2.45. The van der Waals surface area contributed by atoms with Crippen molar-refractivity contribution in [1.29, 1.82) is 0 Å². The highest BCUT2D eigenvalue weighted by molar-refractivity contribution is 5.76. The Morgan fingerprint density at radius 1 is 1.08 bits per heavy atom. The van der Waals surface area contributed by atoms with Crippen LogP contribution in [0.2, 0.25) is 0 Å².